The number of hydrogen-bond donors (Lipinski definition) is 0. The van der Waals surface area contributed by atoms with Crippen LogP contribution in [-0.2, 0) is 4.74 Å². The van der Waals surface area contributed by atoms with Crippen molar-refractivity contribution in [3.8, 4) is 5.75 Å². The Kier molecular flexibility index (Phi) is 8.68. The smallest absolute Gasteiger partial charge is 0.201 e. The van der Waals surface area contributed by atoms with E-state index in [1.165, 1.54) is 12.0 Å². The van der Waals surface area contributed by atoms with Gasteiger partial charge in [-0.2, -0.15) is 0 Å². The maximum Gasteiger partial charge on any atom is 0.201 e. The molecular weight excluding hydrogens is 332 g/mol. The summed E-state index contributed by atoms with van der Waals surface area (Å²) in [6, 6.07) is 10.8. The molecule has 0 aliphatic rings. The molecule has 27 heavy (non-hydrogen) atoms. The third-order valence-electron chi connectivity index (χ3n) is 4.41. The number of rotatable bonds is 9. The highest BCUT2D eigenvalue weighted by atomic mass is 16.7. The first kappa shape index (κ1) is 23.8. The highest BCUT2D eigenvalue weighted by Crippen LogP contribution is 2.31. The molecule has 0 amide bonds. The highest BCUT2D eigenvalue weighted by molar-refractivity contribution is 5.23. The van der Waals surface area contributed by atoms with Crippen LogP contribution in [0, 0.1) is 34.8 Å². The molecule has 2 heteroatoms. The lowest BCUT2D eigenvalue weighted by molar-refractivity contribution is -0.118. The van der Waals surface area contributed by atoms with E-state index in [4.69, 9.17) is 9.47 Å². The predicted octanol–water partition coefficient (Wildman–Crippen LogP) is 7.28. The Hall–Kier alpha value is -1.20. The molecule has 0 fully saturated rings. The first-order valence-electron chi connectivity index (χ1n) is 10.5. The van der Waals surface area contributed by atoms with Crippen LogP contribution in [0.15, 0.2) is 12.1 Å². The average molecular weight is 375 g/mol. The van der Waals surface area contributed by atoms with E-state index in [1.54, 1.807) is 0 Å². The molecule has 2 atom stereocenters. The Morgan fingerprint density at radius 2 is 1.52 bits per heavy atom. The Labute approximate surface area is 169 Å². The van der Waals surface area contributed by atoms with Crippen molar-refractivity contribution in [2.75, 3.05) is 6.61 Å². The monoisotopic (exact) mass is 374 g/mol. The van der Waals surface area contributed by atoms with Crippen molar-refractivity contribution in [1.82, 2.24) is 0 Å². The van der Waals surface area contributed by atoms with Gasteiger partial charge in [0.15, 0.2) is 5.75 Å². The van der Waals surface area contributed by atoms with Gasteiger partial charge in [0.2, 0.25) is 6.29 Å². The standard InChI is InChI=1S/C25H42O2/c1-18(2)15-22(19(3)4)20-11-13-21(14-12-20)27-23(16-24(5,6)7)26-17-25(8,9)10/h11,13,18-19,22-23H,15-17H2,1-10H3. The minimum absolute atomic E-state index is 0.112. The van der Waals surface area contributed by atoms with Crippen molar-refractivity contribution in [3.05, 3.63) is 29.8 Å². The quantitative estimate of drug-likeness (QED) is 0.423. The molecule has 1 rings (SSSR count). The molecule has 0 bridgehead atoms. The lowest BCUT2D eigenvalue weighted by Gasteiger charge is -2.29. The second-order valence-electron chi connectivity index (χ2n) is 11.1. The predicted molar refractivity (Wildman–Crippen MR) is 115 cm³/mol. The molecule has 154 valence electrons. The molecule has 0 N–H and O–H groups in total. The molecule has 1 aromatic rings. The van der Waals surface area contributed by atoms with Crippen molar-refractivity contribution in [1.29, 1.82) is 0 Å². The maximum atomic E-state index is 6.15. The minimum atomic E-state index is -0.267. The normalized spacial score (nSPS) is 15.0. The molecule has 0 spiro atoms. The first-order chi connectivity index (χ1) is 12.3. The van der Waals surface area contributed by atoms with Gasteiger partial charge >= 0.3 is 0 Å². The van der Waals surface area contributed by atoms with Crippen LogP contribution in [0.3, 0.4) is 0 Å². The van der Waals surface area contributed by atoms with E-state index in [0.717, 1.165) is 6.42 Å². The molecule has 0 radical (unpaired) electrons. The van der Waals surface area contributed by atoms with Gasteiger partial charge < -0.3 is 9.47 Å². The van der Waals surface area contributed by atoms with Gasteiger partial charge in [0, 0.05) is 12.0 Å². The summed E-state index contributed by atoms with van der Waals surface area (Å²) in [6.45, 7) is 22.9. The van der Waals surface area contributed by atoms with E-state index in [-0.39, 0.29) is 17.1 Å². The lowest BCUT2D eigenvalue weighted by Crippen LogP contribution is -2.30. The van der Waals surface area contributed by atoms with Crippen LogP contribution in [0.2, 0.25) is 0 Å². The van der Waals surface area contributed by atoms with Gasteiger partial charge in [-0.3, -0.25) is 0 Å². The molecule has 0 aromatic heterocycles. The molecule has 0 aliphatic heterocycles. The highest BCUT2D eigenvalue weighted by Gasteiger charge is 2.24. The summed E-state index contributed by atoms with van der Waals surface area (Å²) in [7, 11) is 0. The molecule has 2 unspecified atom stereocenters. The van der Waals surface area contributed by atoms with Crippen molar-refractivity contribution < 1.29 is 9.47 Å². The summed E-state index contributed by atoms with van der Waals surface area (Å²) in [6.07, 6.45) is 1.74. The summed E-state index contributed by atoms with van der Waals surface area (Å²) in [4.78, 5) is 0. The molecule has 0 saturated heterocycles. The topological polar surface area (TPSA) is 18.5 Å². The van der Waals surface area contributed by atoms with Crippen molar-refractivity contribution in [2.45, 2.75) is 94.3 Å². The zero-order valence-electron chi connectivity index (χ0n) is 19.4. The van der Waals surface area contributed by atoms with Gasteiger partial charge in [-0.1, -0.05) is 75.3 Å². The maximum absolute atomic E-state index is 6.15. The summed E-state index contributed by atoms with van der Waals surface area (Å²) in [5, 5.41) is 0. The van der Waals surface area contributed by atoms with Crippen LogP contribution in [0.25, 0.3) is 0 Å². The summed E-state index contributed by atoms with van der Waals surface area (Å²) in [5.41, 5.74) is 1.47. The third-order valence-corrected chi connectivity index (χ3v) is 4.41. The molecule has 0 aliphatic carbocycles. The first-order valence-corrected chi connectivity index (χ1v) is 10.5. The zero-order valence-corrected chi connectivity index (χ0v) is 19.4. The Morgan fingerprint density at radius 1 is 0.889 bits per heavy atom. The van der Waals surface area contributed by atoms with Crippen LogP contribution in [0.1, 0.15) is 93.6 Å². The molecular formula is C25H42O2. The van der Waals surface area contributed by atoms with E-state index in [9.17, 15) is 0 Å². The fraction of sp³-hybridized carbons (Fsp3) is 0.760. The van der Waals surface area contributed by atoms with E-state index < -0.39 is 0 Å². The summed E-state index contributed by atoms with van der Waals surface area (Å²) in [5.74, 6) is 2.49. The van der Waals surface area contributed by atoms with Gasteiger partial charge in [0.05, 0.1) is 6.61 Å². The Morgan fingerprint density at radius 3 is 1.93 bits per heavy atom. The zero-order chi connectivity index (χ0) is 20.8. The lowest BCUT2D eigenvalue weighted by atomic mass is 9.83. The van der Waals surface area contributed by atoms with Gasteiger partial charge in [0.1, 0.15) is 0 Å². The number of ether oxygens (including phenoxy) is 2. The van der Waals surface area contributed by atoms with E-state index in [0.29, 0.717) is 30.1 Å². The average Bonchev–Trinajstić information content (AvgIpc) is 2.49. The largest absolute Gasteiger partial charge is 0.457 e. The fourth-order valence-electron chi connectivity index (χ4n) is 3.05. The Balaban J connectivity index is 2.86. The van der Waals surface area contributed by atoms with Crippen LogP contribution in [-0.4, -0.2) is 12.9 Å². The van der Waals surface area contributed by atoms with Crippen LogP contribution >= 0.6 is 0 Å². The fourth-order valence-corrected chi connectivity index (χ4v) is 3.05. The second kappa shape index (κ2) is 9.83. The van der Waals surface area contributed by atoms with Gasteiger partial charge in [-0.25, -0.2) is 0 Å². The summed E-state index contributed by atoms with van der Waals surface area (Å²) >= 11 is 0. The molecule has 2 nitrogen and oxygen atoms in total. The van der Waals surface area contributed by atoms with E-state index >= 15 is 0 Å². The van der Waals surface area contributed by atoms with Gasteiger partial charge in [0.25, 0.3) is 0 Å². The van der Waals surface area contributed by atoms with Crippen molar-refractivity contribution in [2.24, 2.45) is 22.7 Å². The minimum Gasteiger partial charge on any atom is -0.457 e. The van der Waals surface area contributed by atoms with E-state index in [2.05, 4.69) is 87.4 Å². The second-order valence-corrected chi connectivity index (χ2v) is 11.1. The number of hydrogen-bond acceptors (Lipinski definition) is 2. The third kappa shape index (κ3) is 10.1. The molecule has 1 aromatic carbocycles. The van der Waals surface area contributed by atoms with Crippen LogP contribution in [0.5, 0.6) is 5.75 Å². The van der Waals surface area contributed by atoms with Gasteiger partial charge in [-0.15, -0.1) is 0 Å². The van der Waals surface area contributed by atoms with Gasteiger partial charge in [-0.05, 0) is 53.2 Å². The van der Waals surface area contributed by atoms with E-state index in [1.807, 2.05) is 6.07 Å². The SMILES string of the molecule is CC(C)CC(c1c#cc(OC(CC(C)(C)C)OCC(C)(C)C)cc1)C(C)C. The molecule has 0 heterocycles. The molecule has 0 saturated carbocycles. The summed E-state index contributed by atoms with van der Waals surface area (Å²) < 4.78 is 12.3. The van der Waals surface area contributed by atoms with Crippen LogP contribution in [0.4, 0.5) is 0 Å². The van der Waals surface area contributed by atoms with Crippen molar-refractivity contribution >= 4 is 0 Å². The van der Waals surface area contributed by atoms with Crippen molar-refractivity contribution in [3.63, 3.8) is 0 Å². The Bertz CT molecular complexity index is 529. The van der Waals surface area contributed by atoms with Crippen LogP contribution < -0.4 is 4.74 Å².